The van der Waals surface area contributed by atoms with Crippen molar-refractivity contribution in [2.24, 2.45) is 0 Å². The normalized spacial score (nSPS) is 10.1. The van der Waals surface area contributed by atoms with Gasteiger partial charge in [-0.2, -0.15) is 0 Å². The zero-order chi connectivity index (χ0) is 18.9. The zero-order valence-corrected chi connectivity index (χ0v) is 14.8. The van der Waals surface area contributed by atoms with Gasteiger partial charge < -0.3 is 9.47 Å². The molecular weight excluding hydrogens is 360 g/mol. The van der Waals surface area contributed by atoms with Crippen LogP contribution >= 0.6 is 11.6 Å². The van der Waals surface area contributed by atoms with Gasteiger partial charge in [0.05, 0.1) is 12.2 Å². The molecule has 0 bridgehead atoms. The smallest absolute Gasteiger partial charge is 0.340 e. The number of benzene rings is 1. The van der Waals surface area contributed by atoms with Crippen molar-refractivity contribution in [3.63, 3.8) is 0 Å². The zero-order valence-electron chi connectivity index (χ0n) is 14.1. The van der Waals surface area contributed by atoms with Crippen molar-refractivity contribution in [3.05, 3.63) is 59.4 Å². The van der Waals surface area contributed by atoms with Crippen molar-refractivity contribution in [1.29, 1.82) is 0 Å². The maximum Gasteiger partial charge on any atom is 0.340 e. The molecule has 0 saturated heterocycles. The third kappa shape index (κ3) is 5.56. The second kappa shape index (κ2) is 9.53. The van der Waals surface area contributed by atoms with Crippen molar-refractivity contribution < 1.29 is 23.9 Å². The van der Waals surface area contributed by atoms with Crippen molar-refractivity contribution in [2.75, 3.05) is 24.7 Å². The van der Waals surface area contributed by atoms with Gasteiger partial charge in [0.1, 0.15) is 11.7 Å². The van der Waals surface area contributed by atoms with E-state index in [-0.39, 0.29) is 23.9 Å². The number of aromatic nitrogens is 1. The molecule has 0 aliphatic rings. The van der Waals surface area contributed by atoms with Crippen LogP contribution in [-0.4, -0.2) is 42.6 Å². The van der Waals surface area contributed by atoms with Gasteiger partial charge in [0.2, 0.25) is 0 Å². The first-order valence-corrected chi connectivity index (χ1v) is 8.18. The molecule has 0 N–H and O–H groups in total. The molecular formula is C18H17ClN2O5. The molecule has 0 saturated carbocycles. The molecule has 0 aliphatic heterocycles. The van der Waals surface area contributed by atoms with E-state index in [2.05, 4.69) is 4.98 Å². The van der Waals surface area contributed by atoms with Gasteiger partial charge in [-0.05, 0) is 31.2 Å². The van der Waals surface area contributed by atoms with Crippen LogP contribution in [0.2, 0.25) is 5.15 Å². The van der Waals surface area contributed by atoms with Crippen LogP contribution in [0.5, 0.6) is 0 Å². The highest BCUT2D eigenvalue weighted by atomic mass is 35.5. The summed E-state index contributed by atoms with van der Waals surface area (Å²) in [6, 6.07) is 11.5. The number of ether oxygens (including phenoxy) is 2. The van der Waals surface area contributed by atoms with Crippen molar-refractivity contribution in [2.45, 2.75) is 6.92 Å². The number of hydrogen-bond donors (Lipinski definition) is 0. The average Bonchev–Trinajstić information content (AvgIpc) is 2.65. The minimum atomic E-state index is -0.716. The lowest BCUT2D eigenvalue weighted by molar-refractivity contribution is -0.142. The molecule has 2 aromatic rings. The number of hydrogen-bond acceptors (Lipinski definition) is 6. The summed E-state index contributed by atoms with van der Waals surface area (Å²) in [6.07, 6.45) is 1.25. The predicted molar refractivity (Wildman–Crippen MR) is 95.0 cm³/mol. The first-order chi connectivity index (χ1) is 12.5. The van der Waals surface area contributed by atoms with Gasteiger partial charge in [0.15, 0.2) is 6.61 Å². The number of esters is 2. The van der Waals surface area contributed by atoms with Gasteiger partial charge >= 0.3 is 11.9 Å². The third-order valence-electron chi connectivity index (χ3n) is 3.25. The number of para-hydroxylation sites is 1. The summed E-state index contributed by atoms with van der Waals surface area (Å²) in [7, 11) is 0. The Labute approximate surface area is 155 Å². The van der Waals surface area contributed by atoms with E-state index in [0.717, 1.165) is 0 Å². The fourth-order valence-electron chi connectivity index (χ4n) is 2.05. The van der Waals surface area contributed by atoms with Crippen molar-refractivity contribution in [1.82, 2.24) is 4.98 Å². The van der Waals surface area contributed by atoms with E-state index in [1.165, 1.54) is 23.2 Å². The molecule has 26 heavy (non-hydrogen) atoms. The number of amides is 1. The first kappa shape index (κ1) is 19.4. The molecule has 1 aromatic heterocycles. The van der Waals surface area contributed by atoms with Gasteiger partial charge in [-0.1, -0.05) is 29.8 Å². The van der Waals surface area contributed by atoms with E-state index in [0.29, 0.717) is 5.69 Å². The molecule has 0 spiro atoms. The Hall–Kier alpha value is -2.93. The molecule has 136 valence electrons. The maximum absolute atomic E-state index is 12.5. The van der Waals surface area contributed by atoms with Gasteiger partial charge in [-0.3, -0.25) is 14.5 Å². The number of carbonyl (C=O) groups is 3. The number of nitrogens with zero attached hydrogens (tertiary/aromatic N) is 2. The largest absolute Gasteiger partial charge is 0.465 e. The van der Waals surface area contributed by atoms with Crippen LogP contribution in [0.4, 0.5) is 5.69 Å². The highest BCUT2D eigenvalue weighted by Crippen LogP contribution is 2.14. The lowest BCUT2D eigenvalue weighted by atomic mass is 10.2. The highest BCUT2D eigenvalue weighted by Gasteiger charge is 2.21. The van der Waals surface area contributed by atoms with Crippen LogP contribution in [0.25, 0.3) is 0 Å². The van der Waals surface area contributed by atoms with Crippen molar-refractivity contribution in [3.8, 4) is 0 Å². The molecule has 7 nitrogen and oxygen atoms in total. The molecule has 8 heteroatoms. The van der Waals surface area contributed by atoms with E-state index in [1.54, 1.807) is 37.3 Å². The molecule has 0 fully saturated rings. The molecule has 2 rings (SSSR count). The van der Waals surface area contributed by atoms with Gasteiger partial charge in [-0.15, -0.1) is 0 Å². The second-order valence-corrected chi connectivity index (χ2v) is 5.45. The van der Waals surface area contributed by atoms with Crippen LogP contribution < -0.4 is 4.90 Å². The van der Waals surface area contributed by atoms with E-state index in [4.69, 9.17) is 21.1 Å². The van der Waals surface area contributed by atoms with E-state index < -0.39 is 24.5 Å². The topological polar surface area (TPSA) is 85.8 Å². The molecule has 1 heterocycles. The lowest BCUT2D eigenvalue weighted by Gasteiger charge is -2.21. The molecule has 0 radical (unpaired) electrons. The highest BCUT2D eigenvalue weighted by molar-refractivity contribution is 6.29. The minimum Gasteiger partial charge on any atom is -0.465 e. The minimum absolute atomic E-state index is 0.166. The molecule has 0 aliphatic carbocycles. The predicted octanol–water partition coefficient (Wildman–Crippen LogP) is 2.49. The average molecular weight is 377 g/mol. The van der Waals surface area contributed by atoms with Crippen LogP contribution in [0, 0.1) is 0 Å². The number of rotatable bonds is 7. The van der Waals surface area contributed by atoms with E-state index in [9.17, 15) is 14.4 Å². The number of carbonyl (C=O) groups excluding carboxylic acids is 3. The van der Waals surface area contributed by atoms with Gasteiger partial charge in [-0.25, -0.2) is 9.78 Å². The number of halogens is 1. The van der Waals surface area contributed by atoms with Crippen molar-refractivity contribution >= 4 is 35.1 Å². The quantitative estimate of drug-likeness (QED) is 0.545. The summed E-state index contributed by atoms with van der Waals surface area (Å²) in [4.78, 5) is 41.2. The second-order valence-electron chi connectivity index (χ2n) is 5.07. The molecule has 1 aromatic carbocycles. The van der Waals surface area contributed by atoms with Gasteiger partial charge in [0, 0.05) is 11.9 Å². The monoisotopic (exact) mass is 376 g/mol. The number of anilines is 1. The number of pyridine rings is 1. The van der Waals surface area contributed by atoms with E-state index in [1.807, 2.05) is 0 Å². The van der Waals surface area contributed by atoms with Crippen LogP contribution in [0.3, 0.4) is 0 Å². The Balaban J connectivity index is 2.04. The standard InChI is InChI=1S/C18H17ClN2O5/c1-2-25-17(23)11-21(14-6-4-3-5-7-14)16(22)12-26-18(24)13-8-9-15(19)20-10-13/h3-10H,2,11-12H2,1H3. The fourth-order valence-corrected chi connectivity index (χ4v) is 2.16. The summed E-state index contributed by atoms with van der Waals surface area (Å²) in [5.74, 6) is -1.83. The Bertz CT molecular complexity index is 765. The van der Waals surface area contributed by atoms with E-state index >= 15 is 0 Å². The van der Waals surface area contributed by atoms with Crippen LogP contribution in [-0.2, 0) is 19.1 Å². The van der Waals surface area contributed by atoms with Gasteiger partial charge in [0.25, 0.3) is 5.91 Å². The summed E-state index contributed by atoms with van der Waals surface area (Å²) >= 11 is 5.66. The Morgan fingerprint density at radius 3 is 2.42 bits per heavy atom. The molecule has 0 unspecified atom stereocenters. The van der Waals surface area contributed by atoms with Crippen LogP contribution in [0.15, 0.2) is 48.7 Å². The SMILES string of the molecule is CCOC(=O)CN(C(=O)COC(=O)c1ccc(Cl)nc1)c1ccccc1. The summed E-state index contributed by atoms with van der Waals surface area (Å²) in [5, 5.41) is 0.238. The summed E-state index contributed by atoms with van der Waals surface area (Å²) < 4.78 is 9.90. The maximum atomic E-state index is 12.5. The molecule has 0 atom stereocenters. The Kier molecular flexibility index (Phi) is 7.11. The molecule has 1 amide bonds. The van der Waals surface area contributed by atoms with Crippen LogP contribution in [0.1, 0.15) is 17.3 Å². The Morgan fingerprint density at radius 1 is 1.08 bits per heavy atom. The Morgan fingerprint density at radius 2 is 1.81 bits per heavy atom. The third-order valence-corrected chi connectivity index (χ3v) is 3.47. The first-order valence-electron chi connectivity index (χ1n) is 7.81. The fraction of sp³-hybridized carbons (Fsp3) is 0.222. The summed E-state index contributed by atoms with van der Waals surface area (Å²) in [5.41, 5.74) is 0.661. The lowest BCUT2D eigenvalue weighted by Crippen LogP contribution is -2.39. The summed E-state index contributed by atoms with van der Waals surface area (Å²) in [6.45, 7) is 1.06.